The number of amides is 1. The van der Waals surface area contributed by atoms with E-state index in [1.54, 1.807) is 24.3 Å². The van der Waals surface area contributed by atoms with Gasteiger partial charge in [-0.25, -0.2) is 0 Å². The quantitative estimate of drug-likeness (QED) is 0.628. The van der Waals surface area contributed by atoms with Crippen LogP contribution < -0.4 is 14.8 Å². The summed E-state index contributed by atoms with van der Waals surface area (Å²) < 4.78 is 22.3. The van der Waals surface area contributed by atoms with Gasteiger partial charge in [-0.05, 0) is 56.2 Å². The lowest BCUT2D eigenvalue weighted by Crippen LogP contribution is -2.16. The molecule has 28 heavy (non-hydrogen) atoms. The molecule has 0 saturated carbocycles. The molecule has 1 fully saturated rings. The summed E-state index contributed by atoms with van der Waals surface area (Å²) in [5.41, 5.74) is 1.18. The molecule has 1 aliphatic rings. The van der Waals surface area contributed by atoms with Crippen molar-refractivity contribution in [3.8, 4) is 11.5 Å². The Morgan fingerprint density at radius 3 is 2.68 bits per heavy atom. The van der Waals surface area contributed by atoms with Gasteiger partial charge in [-0.1, -0.05) is 12.1 Å². The molecule has 1 amide bonds. The number of hydrogen-bond acceptors (Lipinski definition) is 5. The maximum Gasteiger partial charge on any atom is 0.255 e. The van der Waals surface area contributed by atoms with Crippen LogP contribution in [-0.2, 0) is 9.47 Å². The number of rotatable bonds is 10. The van der Waals surface area contributed by atoms with Gasteiger partial charge in [0.25, 0.3) is 5.91 Å². The van der Waals surface area contributed by atoms with Crippen molar-refractivity contribution in [3.63, 3.8) is 0 Å². The molecule has 1 N–H and O–H groups in total. The van der Waals surface area contributed by atoms with E-state index in [2.05, 4.69) is 5.32 Å². The fraction of sp³-hybridized carbons (Fsp3) is 0.409. The first-order valence-corrected chi connectivity index (χ1v) is 9.71. The van der Waals surface area contributed by atoms with Gasteiger partial charge in [0.05, 0.1) is 18.4 Å². The van der Waals surface area contributed by atoms with Crippen molar-refractivity contribution in [1.82, 2.24) is 0 Å². The van der Waals surface area contributed by atoms with E-state index < -0.39 is 0 Å². The molecule has 1 atom stereocenters. The minimum atomic E-state index is -0.202. The van der Waals surface area contributed by atoms with Gasteiger partial charge in [0.15, 0.2) is 0 Å². The third-order valence-corrected chi connectivity index (χ3v) is 4.40. The first-order chi connectivity index (χ1) is 13.8. The average molecular weight is 385 g/mol. The number of carbonyl (C=O) groups excluding carboxylic acids is 1. The molecule has 0 aromatic heterocycles. The smallest absolute Gasteiger partial charge is 0.255 e. The Bertz CT molecular complexity index is 741. The minimum Gasteiger partial charge on any atom is -0.491 e. The zero-order chi connectivity index (χ0) is 19.6. The first-order valence-electron chi connectivity index (χ1n) is 9.71. The van der Waals surface area contributed by atoms with Crippen LogP contribution in [0, 0.1) is 0 Å². The fourth-order valence-electron chi connectivity index (χ4n) is 2.91. The van der Waals surface area contributed by atoms with Crippen LogP contribution in [0.2, 0.25) is 0 Å². The molecule has 2 aromatic rings. The zero-order valence-corrected chi connectivity index (χ0v) is 16.2. The van der Waals surface area contributed by atoms with E-state index in [-0.39, 0.29) is 12.0 Å². The largest absolute Gasteiger partial charge is 0.491 e. The Balaban J connectivity index is 1.54. The number of anilines is 1. The Hall–Kier alpha value is -2.57. The van der Waals surface area contributed by atoms with Crippen molar-refractivity contribution in [3.05, 3.63) is 54.1 Å². The molecule has 150 valence electrons. The van der Waals surface area contributed by atoms with Crippen LogP contribution in [0.15, 0.2) is 48.5 Å². The van der Waals surface area contributed by atoms with Crippen LogP contribution in [0.5, 0.6) is 11.5 Å². The average Bonchev–Trinajstić information content (AvgIpc) is 3.25. The van der Waals surface area contributed by atoms with Gasteiger partial charge in [0.1, 0.15) is 24.7 Å². The number of benzene rings is 2. The van der Waals surface area contributed by atoms with Gasteiger partial charge in [0, 0.05) is 18.8 Å². The molecule has 1 aliphatic heterocycles. The van der Waals surface area contributed by atoms with E-state index in [1.807, 2.05) is 31.2 Å². The molecular weight excluding hydrogens is 358 g/mol. The van der Waals surface area contributed by atoms with Gasteiger partial charge >= 0.3 is 0 Å². The third kappa shape index (κ3) is 5.97. The Morgan fingerprint density at radius 2 is 1.93 bits per heavy atom. The SMILES string of the molecule is CCOCCOc1ccccc1NC(=O)c1ccc(OCC2CCCO2)cc1. The van der Waals surface area contributed by atoms with Crippen molar-refractivity contribution in [1.29, 1.82) is 0 Å². The van der Waals surface area contributed by atoms with Crippen LogP contribution in [0.3, 0.4) is 0 Å². The normalized spacial score (nSPS) is 16.0. The second-order valence-corrected chi connectivity index (χ2v) is 6.47. The molecular formula is C22H27NO5. The molecule has 1 saturated heterocycles. The van der Waals surface area contributed by atoms with Gasteiger partial charge in [-0.3, -0.25) is 4.79 Å². The second kappa shape index (κ2) is 10.7. The number of carbonyl (C=O) groups is 1. The summed E-state index contributed by atoms with van der Waals surface area (Å²) in [6, 6.07) is 14.5. The molecule has 0 radical (unpaired) electrons. The maximum atomic E-state index is 12.6. The number of nitrogens with one attached hydrogen (secondary N) is 1. The van der Waals surface area contributed by atoms with Crippen molar-refractivity contribution in [2.75, 3.05) is 38.4 Å². The molecule has 1 heterocycles. The second-order valence-electron chi connectivity index (χ2n) is 6.47. The lowest BCUT2D eigenvalue weighted by atomic mass is 10.2. The highest BCUT2D eigenvalue weighted by atomic mass is 16.5. The zero-order valence-electron chi connectivity index (χ0n) is 16.2. The summed E-state index contributed by atoms with van der Waals surface area (Å²) in [4.78, 5) is 12.6. The number of para-hydroxylation sites is 2. The van der Waals surface area contributed by atoms with Crippen molar-refractivity contribution >= 4 is 11.6 Å². The summed E-state index contributed by atoms with van der Waals surface area (Å²) >= 11 is 0. The van der Waals surface area contributed by atoms with Crippen LogP contribution in [-0.4, -0.2) is 45.0 Å². The first kappa shape index (κ1) is 20.2. The van der Waals surface area contributed by atoms with Crippen LogP contribution in [0.1, 0.15) is 30.1 Å². The van der Waals surface area contributed by atoms with Crippen LogP contribution >= 0.6 is 0 Å². The van der Waals surface area contributed by atoms with E-state index in [1.165, 1.54) is 0 Å². The van der Waals surface area contributed by atoms with Crippen LogP contribution in [0.25, 0.3) is 0 Å². The van der Waals surface area contributed by atoms with Crippen LogP contribution in [0.4, 0.5) is 5.69 Å². The maximum absolute atomic E-state index is 12.6. The number of ether oxygens (including phenoxy) is 4. The predicted molar refractivity (Wildman–Crippen MR) is 107 cm³/mol. The highest BCUT2D eigenvalue weighted by molar-refractivity contribution is 6.05. The molecule has 0 aliphatic carbocycles. The van der Waals surface area contributed by atoms with E-state index in [9.17, 15) is 4.79 Å². The van der Waals surface area contributed by atoms with E-state index in [0.29, 0.717) is 43.4 Å². The van der Waals surface area contributed by atoms with Crippen molar-refractivity contribution < 1.29 is 23.7 Å². The van der Waals surface area contributed by atoms with Crippen molar-refractivity contribution in [2.24, 2.45) is 0 Å². The molecule has 6 nitrogen and oxygen atoms in total. The van der Waals surface area contributed by atoms with E-state index >= 15 is 0 Å². The molecule has 3 rings (SSSR count). The standard InChI is InChI=1S/C22H27NO5/c1-2-25-14-15-27-21-8-4-3-7-20(21)23-22(24)17-9-11-18(12-10-17)28-16-19-6-5-13-26-19/h3-4,7-12,19H,2,5-6,13-16H2,1H3,(H,23,24). The summed E-state index contributed by atoms with van der Waals surface area (Å²) in [6.07, 6.45) is 2.29. The van der Waals surface area contributed by atoms with Gasteiger partial charge < -0.3 is 24.3 Å². The third-order valence-electron chi connectivity index (χ3n) is 4.40. The minimum absolute atomic E-state index is 0.169. The Morgan fingerprint density at radius 1 is 1.11 bits per heavy atom. The fourth-order valence-corrected chi connectivity index (χ4v) is 2.91. The number of hydrogen-bond donors (Lipinski definition) is 1. The summed E-state index contributed by atoms with van der Waals surface area (Å²) in [5.74, 6) is 1.14. The topological polar surface area (TPSA) is 66.0 Å². The Kier molecular flexibility index (Phi) is 7.70. The molecule has 1 unspecified atom stereocenters. The van der Waals surface area contributed by atoms with Gasteiger partial charge in [-0.15, -0.1) is 0 Å². The molecule has 2 aromatic carbocycles. The lowest BCUT2D eigenvalue weighted by Gasteiger charge is -2.13. The predicted octanol–water partition coefficient (Wildman–Crippen LogP) is 3.91. The van der Waals surface area contributed by atoms with Gasteiger partial charge in [0.2, 0.25) is 0 Å². The summed E-state index contributed by atoms with van der Waals surface area (Å²) in [7, 11) is 0. The van der Waals surface area contributed by atoms with E-state index in [4.69, 9.17) is 18.9 Å². The monoisotopic (exact) mass is 385 g/mol. The lowest BCUT2D eigenvalue weighted by molar-refractivity contribution is 0.0679. The van der Waals surface area contributed by atoms with Crippen molar-refractivity contribution in [2.45, 2.75) is 25.9 Å². The molecule has 0 bridgehead atoms. The molecule has 0 spiro atoms. The van der Waals surface area contributed by atoms with Gasteiger partial charge in [-0.2, -0.15) is 0 Å². The highest BCUT2D eigenvalue weighted by Gasteiger charge is 2.16. The molecule has 6 heteroatoms. The van der Waals surface area contributed by atoms with E-state index in [0.717, 1.165) is 25.2 Å². The summed E-state index contributed by atoms with van der Waals surface area (Å²) in [5, 5.41) is 2.90. The Labute approximate surface area is 165 Å². The highest BCUT2D eigenvalue weighted by Crippen LogP contribution is 2.25. The summed E-state index contributed by atoms with van der Waals surface area (Å²) in [6.45, 7) is 4.87.